The number of thiocarbonyl (C=S) groups is 1. The van der Waals surface area contributed by atoms with E-state index in [1.807, 2.05) is 0 Å². The van der Waals surface area contributed by atoms with Gasteiger partial charge < -0.3 is 10.6 Å². The molecule has 3 heteroatoms. The Labute approximate surface area is 99.2 Å². The lowest BCUT2D eigenvalue weighted by Gasteiger charge is -2.11. The molecule has 1 aliphatic carbocycles. The predicted octanol–water partition coefficient (Wildman–Crippen LogP) is 2.69. The monoisotopic (exact) mass is 228 g/mol. The lowest BCUT2D eigenvalue weighted by Crippen LogP contribution is -2.39. The number of rotatable bonds is 4. The van der Waals surface area contributed by atoms with Gasteiger partial charge in [-0.15, -0.1) is 0 Å². The highest BCUT2D eigenvalue weighted by Gasteiger charge is 2.65. The van der Waals surface area contributed by atoms with Gasteiger partial charge in [0, 0.05) is 12.6 Å². The minimum atomic E-state index is 0.351. The topological polar surface area (TPSA) is 24.1 Å². The van der Waals surface area contributed by atoms with Gasteiger partial charge in [0.25, 0.3) is 0 Å². The first-order valence-electron chi connectivity index (χ1n) is 5.88. The van der Waals surface area contributed by atoms with E-state index in [4.69, 9.17) is 12.2 Å². The SMILES string of the molecule is CCCCNC(=S)NC1C(C)(C)C1(C)C. The van der Waals surface area contributed by atoms with Crippen molar-refractivity contribution < 1.29 is 0 Å². The molecular formula is C12H24N2S. The first kappa shape index (κ1) is 12.8. The number of unbranched alkanes of at least 4 members (excludes halogenated alkanes) is 1. The minimum absolute atomic E-state index is 0.351. The molecule has 0 radical (unpaired) electrons. The second-order valence-electron chi connectivity index (χ2n) is 5.63. The Balaban J connectivity index is 2.29. The van der Waals surface area contributed by atoms with Crippen LogP contribution in [0.25, 0.3) is 0 Å². The van der Waals surface area contributed by atoms with Crippen LogP contribution in [-0.4, -0.2) is 17.7 Å². The zero-order valence-corrected chi connectivity index (χ0v) is 11.4. The van der Waals surface area contributed by atoms with E-state index in [1.54, 1.807) is 0 Å². The molecular weight excluding hydrogens is 204 g/mol. The summed E-state index contributed by atoms with van der Waals surface area (Å²) >= 11 is 5.27. The Hall–Kier alpha value is -0.310. The highest BCUT2D eigenvalue weighted by atomic mass is 32.1. The van der Waals surface area contributed by atoms with Gasteiger partial charge in [-0.25, -0.2) is 0 Å². The first-order chi connectivity index (χ1) is 6.84. The summed E-state index contributed by atoms with van der Waals surface area (Å²) in [5.74, 6) is 0. The summed E-state index contributed by atoms with van der Waals surface area (Å²) < 4.78 is 0. The summed E-state index contributed by atoms with van der Waals surface area (Å²) in [7, 11) is 0. The van der Waals surface area contributed by atoms with Gasteiger partial charge in [-0.2, -0.15) is 0 Å². The molecule has 15 heavy (non-hydrogen) atoms. The van der Waals surface area contributed by atoms with Crippen molar-refractivity contribution in [1.82, 2.24) is 10.6 Å². The van der Waals surface area contributed by atoms with E-state index in [-0.39, 0.29) is 0 Å². The fourth-order valence-corrected chi connectivity index (χ4v) is 2.34. The van der Waals surface area contributed by atoms with E-state index in [9.17, 15) is 0 Å². The Morgan fingerprint density at radius 1 is 1.20 bits per heavy atom. The van der Waals surface area contributed by atoms with Gasteiger partial charge in [0.15, 0.2) is 5.11 Å². The van der Waals surface area contributed by atoms with E-state index in [2.05, 4.69) is 45.3 Å². The number of hydrogen-bond donors (Lipinski definition) is 2. The molecule has 2 N–H and O–H groups in total. The van der Waals surface area contributed by atoms with E-state index in [0.717, 1.165) is 11.7 Å². The van der Waals surface area contributed by atoms with Crippen LogP contribution >= 0.6 is 12.2 Å². The van der Waals surface area contributed by atoms with Crippen molar-refractivity contribution in [3.8, 4) is 0 Å². The highest BCUT2D eigenvalue weighted by molar-refractivity contribution is 7.80. The molecule has 1 saturated carbocycles. The predicted molar refractivity (Wildman–Crippen MR) is 70.0 cm³/mol. The second kappa shape index (κ2) is 4.28. The molecule has 0 atom stereocenters. The van der Waals surface area contributed by atoms with Gasteiger partial charge in [0.1, 0.15) is 0 Å². The van der Waals surface area contributed by atoms with Crippen LogP contribution < -0.4 is 10.6 Å². The van der Waals surface area contributed by atoms with Crippen LogP contribution in [0.15, 0.2) is 0 Å². The average molecular weight is 228 g/mol. The summed E-state index contributed by atoms with van der Waals surface area (Å²) in [6.45, 7) is 12.3. The second-order valence-corrected chi connectivity index (χ2v) is 6.04. The molecule has 0 saturated heterocycles. The summed E-state index contributed by atoms with van der Waals surface area (Å²) in [6.07, 6.45) is 2.38. The van der Waals surface area contributed by atoms with Gasteiger partial charge in [0.05, 0.1) is 0 Å². The fourth-order valence-electron chi connectivity index (χ4n) is 2.12. The molecule has 0 aromatic heterocycles. The zero-order chi connectivity index (χ0) is 11.7. The summed E-state index contributed by atoms with van der Waals surface area (Å²) in [5, 5.41) is 7.48. The Bertz CT molecular complexity index is 232. The standard InChI is InChI=1S/C12H24N2S/c1-6-7-8-13-10(15)14-9-11(2,3)12(9,4)5/h9H,6-8H2,1-5H3,(H2,13,14,15). The molecule has 0 aromatic carbocycles. The van der Waals surface area contributed by atoms with Crippen LogP contribution in [0.4, 0.5) is 0 Å². The quantitative estimate of drug-likeness (QED) is 0.571. The maximum atomic E-state index is 5.27. The molecule has 0 amide bonds. The lowest BCUT2D eigenvalue weighted by molar-refractivity contribution is 0.457. The Morgan fingerprint density at radius 3 is 2.13 bits per heavy atom. The van der Waals surface area contributed by atoms with Crippen LogP contribution in [0.5, 0.6) is 0 Å². The fraction of sp³-hybridized carbons (Fsp3) is 0.917. The van der Waals surface area contributed by atoms with Gasteiger partial charge in [0.2, 0.25) is 0 Å². The first-order valence-corrected chi connectivity index (χ1v) is 6.29. The maximum Gasteiger partial charge on any atom is 0.166 e. The largest absolute Gasteiger partial charge is 0.363 e. The van der Waals surface area contributed by atoms with Gasteiger partial charge in [-0.05, 0) is 29.5 Å². The average Bonchev–Trinajstić information content (AvgIpc) is 2.49. The van der Waals surface area contributed by atoms with Crippen LogP contribution in [0.2, 0.25) is 0 Å². The summed E-state index contributed by atoms with van der Waals surface area (Å²) in [4.78, 5) is 0. The molecule has 2 nitrogen and oxygen atoms in total. The van der Waals surface area contributed by atoms with Gasteiger partial charge in [-0.1, -0.05) is 41.0 Å². The van der Waals surface area contributed by atoms with Crippen molar-refractivity contribution >= 4 is 17.3 Å². The minimum Gasteiger partial charge on any atom is -0.363 e. The van der Waals surface area contributed by atoms with Crippen molar-refractivity contribution in [3.05, 3.63) is 0 Å². The highest BCUT2D eigenvalue weighted by Crippen LogP contribution is 2.62. The normalized spacial score (nSPS) is 22.2. The van der Waals surface area contributed by atoms with Crippen LogP contribution in [0.3, 0.4) is 0 Å². The third kappa shape index (κ3) is 2.44. The molecule has 0 heterocycles. The molecule has 0 unspecified atom stereocenters. The third-order valence-electron chi connectivity index (χ3n) is 4.11. The van der Waals surface area contributed by atoms with E-state index in [0.29, 0.717) is 16.9 Å². The van der Waals surface area contributed by atoms with Crippen LogP contribution in [0, 0.1) is 10.8 Å². The molecule has 1 rings (SSSR count). The van der Waals surface area contributed by atoms with Gasteiger partial charge in [-0.3, -0.25) is 0 Å². The van der Waals surface area contributed by atoms with Crippen molar-refractivity contribution in [2.24, 2.45) is 10.8 Å². The smallest absolute Gasteiger partial charge is 0.166 e. The molecule has 1 fully saturated rings. The Kier molecular flexibility index (Phi) is 3.64. The van der Waals surface area contributed by atoms with Crippen molar-refractivity contribution in [3.63, 3.8) is 0 Å². The number of hydrogen-bond acceptors (Lipinski definition) is 1. The molecule has 0 aromatic rings. The number of nitrogens with one attached hydrogen (secondary N) is 2. The van der Waals surface area contributed by atoms with E-state index < -0.39 is 0 Å². The van der Waals surface area contributed by atoms with Gasteiger partial charge >= 0.3 is 0 Å². The summed E-state index contributed by atoms with van der Waals surface area (Å²) in [6, 6.07) is 0.506. The summed E-state index contributed by atoms with van der Waals surface area (Å²) in [5.41, 5.74) is 0.701. The molecule has 0 aliphatic heterocycles. The van der Waals surface area contributed by atoms with Crippen molar-refractivity contribution in [2.75, 3.05) is 6.54 Å². The molecule has 0 spiro atoms. The lowest BCUT2D eigenvalue weighted by atomic mass is 10.0. The van der Waals surface area contributed by atoms with E-state index >= 15 is 0 Å². The van der Waals surface area contributed by atoms with Crippen LogP contribution in [-0.2, 0) is 0 Å². The van der Waals surface area contributed by atoms with Crippen molar-refractivity contribution in [1.29, 1.82) is 0 Å². The molecule has 1 aliphatic rings. The van der Waals surface area contributed by atoms with Crippen molar-refractivity contribution in [2.45, 2.75) is 53.5 Å². The van der Waals surface area contributed by atoms with E-state index in [1.165, 1.54) is 12.8 Å². The molecule has 88 valence electrons. The molecule has 0 bridgehead atoms. The zero-order valence-electron chi connectivity index (χ0n) is 10.6. The Morgan fingerprint density at radius 2 is 1.73 bits per heavy atom. The third-order valence-corrected chi connectivity index (χ3v) is 4.37. The maximum absolute atomic E-state index is 5.27. The van der Waals surface area contributed by atoms with Crippen LogP contribution in [0.1, 0.15) is 47.5 Å².